The molecule has 0 spiro atoms. The number of benzene rings is 2. The molecule has 3 aromatic rings. The third-order valence-corrected chi connectivity index (χ3v) is 6.18. The molecule has 1 aromatic heterocycles. The predicted octanol–water partition coefficient (Wildman–Crippen LogP) is 6.76. The van der Waals surface area contributed by atoms with Gasteiger partial charge in [0.1, 0.15) is 5.75 Å². The van der Waals surface area contributed by atoms with Gasteiger partial charge in [-0.05, 0) is 74.4 Å². The van der Waals surface area contributed by atoms with Crippen molar-refractivity contribution in [3.05, 3.63) is 78.1 Å². The van der Waals surface area contributed by atoms with Crippen LogP contribution in [0.3, 0.4) is 0 Å². The number of aryl methyl sites for hydroxylation is 1. The van der Waals surface area contributed by atoms with E-state index in [4.69, 9.17) is 14.2 Å². The van der Waals surface area contributed by atoms with Crippen LogP contribution in [-0.4, -0.2) is 29.0 Å². The Hall–Kier alpha value is -2.76. The molecule has 4 rings (SSSR count). The Morgan fingerprint density at radius 2 is 1.71 bits per heavy atom. The lowest BCUT2D eigenvalue weighted by Crippen LogP contribution is -2.24. The van der Waals surface area contributed by atoms with Crippen LogP contribution in [0, 0.1) is 0 Å². The third-order valence-electron chi connectivity index (χ3n) is 6.18. The quantitative estimate of drug-likeness (QED) is 0.280. The number of hydrogen-bond acceptors (Lipinski definition) is 5. The van der Waals surface area contributed by atoms with E-state index in [0.29, 0.717) is 6.61 Å². The van der Waals surface area contributed by atoms with Crippen molar-refractivity contribution in [1.29, 1.82) is 0 Å². The van der Waals surface area contributed by atoms with Crippen LogP contribution in [0.2, 0.25) is 0 Å². The van der Waals surface area contributed by atoms with Gasteiger partial charge in [-0.2, -0.15) is 0 Å². The van der Waals surface area contributed by atoms with Gasteiger partial charge in [-0.25, -0.2) is 9.97 Å². The summed E-state index contributed by atoms with van der Waals surface area (Å²) >= 11 is 0. The largest absolute Gasteiger partial charge is 0.465 e. The van der Waals surface area contributed by atoms with Crippen LogP contribution in [0.1, 0.15) is 63.0 Å². The number of hydrogen-bond donors (Lipinski definition) is 0. The normalized spacial score (nSPS) is 16.8. The fourth-order valence-corrected chi connectivity index (χ4v) is 4.11. The molecule has 180 valence electrons. The van der Waals surface area contributed by atoms with Gasteiger partial charge in [0.15, 0.2) is 12.1 Å². The van der Waals surface area contributed by atoms with Gasteiger partial charge in [-0.3, -0.25) is 0 Å². The van der Waals surface area contributed by atoms with Crippen molar-refractivity contribution in [2.45, 2.75) is 77.3 Å². The zero-order chi connectivity index (χ0) is 23.4. The number of unbranched alkanes of at least 4 members (excludes halogenated alkanes) is 2. The van der Waals surface area contributed by atoms with Gasteiger partial charge in [-0.1, -0.05) is 43.2 Å². The highest BCUT2D eigenvalue weighted by Crippen LogP contribution is 2.23. The minimum atomic E-state index is -0.125. The summed E-state index contributed by atoms with van der Waals surface area (Å²) in [6.07, 6.45) is 12.9. The monoisotopic (exact) mass is 460 g/mol. The lowest BCUT2D eigenvalue weighted by atomic mass is 10.1. The van der Waals surface area contributed by atoms with E-state index in [9.17, 15) is 0 Å². The van der Waals surface area contributed by atoms with Crippen molar-refractivity contribution in [2.75, 3.05) is 6.61 Å². The Labute approximate surface area is 203 Å². The first-order valence-corrected chi connectivity index (χ1v) is 12.6. The van der Waals surface area contributed by atoms with E-state index in [1.54, 1.807) is 0 Å². The first-order valence-electron chi connectivity index (χ1n) is 12.6. The second-order valence-electron chi connectivity index (χ2n) is 9.06. The number of nitrogens with zero attached hydrogens (tertiary/aromatic N) is 2. The molecule has 0 radical (unpaired) electrons. The van der Waals surface area contributed by atoms with E-state index in [2.05, 4.69) is 41.2 Å². The molecule has 0 amide bonds. The maximum Gasteiger partial charge on any atom is 0.199 e. The summed E-state index contributed by atoms with van der Waals surface area (Å²) in [6, 6.07) is 18.3. The van der Waals surface area contributed by atoms with Crippen LogP contribution < -0.4 is 4.74 Å². The molecule has 1 saturated heterocycles. The van der Waals surface area contributed by atoms with Crippen molar-refractivity contribution >= 4 is 0 Å². The van der Waals surface area contributed by atoms with Gasteiger partial charge in [0, 0.05) is 24.4 Å². The van der Waals surface area contributed by atoms with Gasteiger partial charge in [0.05, 0.1) is 19.3 Å². The maximum absolute atomic E-state index is 5.96. The van der Waals surface area contributed by atoms with Crippen LogP contribution in [0.5, 0.6) is 5.75 Å². The molecule has 2 atom stereocenters. The lowest BCUT2D eigenvalue weighted by Gasteiger charge is -2.23. The van der Waals surface area contributed by atoms with E-state index in [-0.39, 0.29) is 12.4 Å². The van der Waals surface area contributed by atoms with Gasteiger partial charge < -0.3 is 14.2 Å². The van der Waals surface area contributed by atoms with E-state index in [1.165, 1.54) is 24.0 Å². The molecular formula is C29H36N2O3. The molecule has 2 aromatic carbocycles. The Balaban J connectivity index is 1.13. The molecule has 0 aliphatic carbocycles. The standard InChI is InChI=1S/C29H36N2O3/c1-23(33-22-24-11-5-3-6-12-24)10-4-2-7-13-25-20-30-29(31-21-25)26-15-17-27(18-16-26)34-28-14-8-9-19-32-28/h3,5-6,11-12,15-18,20-21,23,28H,2,4,7-10,13-14,19,22H2,1H3. The minimum absolute atomic E-state index is 0.125. The smallest absolute Gasteiger partial charge is 0.199 e. The zero-order valence-electron chi connectivity index (χ0n) is 20.2. The maximum atomic E-state index is 5.96. The van der Waals surface area contributed by atoms with Crippen LogP contribution in [0.25, 0.3) is 11.4 Å². The summed E-state index contributed by atoms with van der Waals surface area (Å²) in [6.45, 7) is 3.64. The topological polar surface area (TPSA) is 53.5 Å². The Kier molecular flexibility index (Phi) is 9.47. The molecular weight excluding hydrogens is 424 g/mol. The molecule has 5 nitrogen and oxygen atoms in total. The van der Waals surface area contributed by atoms with E-state index < -0.39 is 0 Å². The van der Waals surface area contributed by atoms with Crippen molar-refractivity contribution in [3.63, 3.8) is 0 Å². The number of ether oxygens (including phenoxy) is 3. The first-order chi connectivity index (χ1) is 16.8. The van der Waals surface area contributed by atoms with Gasteiger partial charge in [0.2, 0.25) is 0 Å². The van der Waals surface area contributed by atoms with Gasteiger partial charge in [0.25, 0.3) is 0 Å². The number of aromatic nitrogens is 2. The summed E-state index contributed by atoms with van der Waals surface area (Å²) in [5.74, 6) is 1.57. The van der Waals surface area contributed by atoms with Crippen LogP contribution >= 0.6 is 0 Å². The Morgan fingerprint density at radius 3 is 2.44 bits per heavy atom. The molecule has 0 saturated carbocycles. The molecule has 2 heterocycles. The number of rotatable bonds is 12. The van der Waals surface area contributed by atoms with Crippen LogP contribution in [-0.2, 0) is 22.5 Å². The molecule has 2 unspecified atom stereocenters. The SMILES string of the molecule is CC(CCCCCc1cnc(-c2ccc(OC3CCCCO3)cc2)nc1)OCc1ccccc1. The molecule has 0 N–H and O–H groups in total. The molecule has 1 fully saturated rings. The molecule has 34 heavy (non-hydrogen) atoms. The summed E-state index contributed by atoms with van der Waals surface area (Å²) in [4.78, 5) is 9.16. The molecule has 5 heteroatoms. The van der Waals surface area contributed by atoms with Crippen molar-refractivity contribution in [1.82, 2.24) is 9.97 Å². The zero-order valence-corrected chi connectivity index (χ0v) is 20.2. The Bertz CT molecular complexity index is 955. The summed E-state index contributed by atoms with van der Waals surface area (Å²) in [5, 5.41) is 0. The highest BCUT2D eigenvalue weighted by atomic mass is 16.7. The first kappa shape index (κ1) is 24.4. The second kappa shape index (κ2) is 13.2. The van der Waals surface area contributed by atoms with E-state index in [0.717, 1.165) is 62.3 Å². The fraction of sp³-hybridized carbons (Fsp3) is 0.448. The van der Waals surface area contributed by atoms with Crippen molar-refractivity contribution < 1.29 is 14.2 Å². The van der Waals surface area contributed by atoms with Crippen molar-refractivity contribution in [2.24, 2.45) is 0 Å². The lowest BCUT2D eigenvalue weighted by molar-refractivity contribution is -0.105. The van der Waals surface area contributed by atoms with Crippen LogP contribution in [0.15, 0.2) is 67.0 Å². The second-order valence-corrected chi connectivity index (χ2v) is 9.06. The highest BCUT2D eigenvalue weighted by Gasteiger charge is 2.15. The van der Waals surface area contributed by atoms with Crippen LogP contribution in [0.4, 0.5) is 0 Å². The van der Waals surface area contributed by atoms with E-state index in [1.807, 2.05) is 42.7 Å². The molecule has 1 aliphatic rings. The summed E-state index contributed by atoms with van der Waals surface area (Å²) < 4.78 is 17.5. The highest BCUT2D eigenvalue weighted by molar-refractivity contribution is 5.55. The molecule has 0 bridgehead atoms. The van der Waals surface area contributed by atoms with Gasteiger partial charge >= 0.3 is 0 Å². The molecule has 1 aliphatic heterocycles. The average molecular weight is 461 g/mol. The van der Waals surface area contributed by atoms with Crippen molar-refractivity contribution in [3.8, 4) is 17.1 Å². The fourth-order valence-electron chi connectivity index (χ4n) is 4.11. The third kappa shape index (κ3) is 7.93. The van der Waals surface area contributed by atoms with Gasteiger partial charge in [-0.15, -0.1) is 0 Å². The predicted molar refractivity (Wildman–Crippen MR) is 135 cm³/mol. The summed E-state index contributed by atoms with van der Waals surface area (Å²) in [5.41, 5.74) is 3.41. The average Bonchev–Trinajstić information content (AvgIpc) is 2.89. The summed E-state index contributed by atoms with van der Waals surface area (Å²) in [7, 11) is 0. The van der Waals surface area contributed by atoms with E-state index >= 15 is 0 Å². The minimum Gasteiger partial charge on any atom is -0.465 e. The Morgan fingerprint density at radius 1 is 0.912 bits per heavy atom.